The van der Waals surface area contributed by atoms with Crippen LogP contribution in [0.1, 0.15) is 38.7 Å². The van der Waals surface area contributed by atoms with Gasteiger partial charge in [0.15, 0.2) is 6.10 Å². The summed E-state index contributed by atoms with van der Waals surface area (Å²) in [5.41, 5.74) is 6.90. The van der Waals surface area contributed by atoms with Crippen LogP contribution in [0.25, 0.3) is 0 Å². The van der Waals surface area contributed by atoms with Gasteiger partial charge in [-0.2, -0.15) is 0 Å². The van der Waals surface area contributed by atoms with Gasteiger partial charge in [-0.25, -0.2) is 4.79 Å². The minimum absolute atomic E-state index is 0.192. The third-order valence-electron chi connectivity index (χ3n) is 2.92. The van der Waals surface area contributed by atoms with E-state index in [1.165, 1.54) is 5.56 Å². The second kappa shape index (κ2) is 7.79. The molecule has 0 spiro atoms. The van der Waals surface area contributed by atoms with Crippen molar-refractivity contribution in [1.29, 1.82) is 0 Å². The van der Waals surface area contributed by atoms with E-state index in [2.05, 4.69) is 0 Å². The Labute approximate surface area is 114 Å². The summed E-state index contributed by atoms with van der Waals surface area (Å²) in [4.78, 5) is 11.0. The topological polar surface area (TPSA) is 72.5 Å². The maximum absolute atomic E-state index is 11.0. The van der Waals surface area contributed by atoms with E-state index in [9.17, 15) is 4.79 Å². The third kappa shape index (κ3) is 5.75. The van der Waals surface area contributed by atoms with Gasteiger partial charge in [0.2, 0.25) is 0 Å². The highest BCUT2D eigenvalue weighted by atomic mass is 16.5. The lowest BCUT2D eigenvalue weighted by molar-refractivity contribution is -0.145. The quantitative estimate of drug-likeness (QED) is 0.757. The molecular formula is C15H23NO3. The molecule has 1 aromatic carbocycles. The Kier molecular flexibility index (Phi) is 6.36. The number of aryl methyl sites for hydroxylation is 1. The molecule has 0 radical (unpaired) electrons. The van der Waals surface area contributed by atoms with Gasteiger partial charge in [0.1, 0.15) is 5.75 Å². The van der Waals surface area contributed by atoms with Crippen LogP contribution in [0.5, 0.6) is 5.75 Å². The molecule has 4 heteroatoms. The summed E-state index contributed by atoms with van der Waals surface area (Å²) in [7, 11) is 0. The number of ether oxygens (including phenoxy) is 1. The molecule has 0 saturated carbocycles. The van der Waals surface area contributed by atoms with E-state index in [1.54, 1.807) is 0 Å². The van der Waals surface area contributed by atoms with E-state index in [0.29, 0.717) is 12.2 Å². The lowest BCUT2D eigenvalue weighted by atomic mass is 10.1. The molecule has 0 aliphatic carbocycles. The molecule has 0 fully saturated rings. The third-order valence-corrected chi connectivity index (χ3v) is 2.92. The van der Waals surface area contributed by atoms with Gasteiger partial charge in [-0.3, -0.25) is 0 Å². The lowest BCUT2D eigenvalue weighted by Crippen LogP contribution is -2.26. The Morgan fingerprint density at radius 3 is 2.42 bits per heavy atom. The number of carboxylic acids is 1. The van der Waals surface area contributed by atoms with Crippen LogP contribution in [0.4, 0.5) is 0 Å². The second-order valence-electron chi connectivity index (χ2n) is 4.89. The number of carboxylic acid groups (broad SMARTS) is 1. The van der Waals surface area contributed by atoms with Crippen molar-refractivity contribution in [2.24, 2.45) is 5.73 Å². The molecule has 4 nitrogen and oxygen atoms in total. The van der Waals surface area contributed by atoms with Crippen LogP contribution in [0.3, 0.4) is 0 Å². The first kappa shape index (κ1) is 15.5. The number of benzene rings is 1. The van der Waals surface area contributed by atoms with Crippen LogP contribution in [-0.2, 0) is 11.2 Å². The summed E-state index contributed by atoms with van der Waals surface area (Å²) in [5, 5.41) is 9.03. The van der Waals surface area contributed by atoms with Crippen LogP contribution in [0, 0.1) is 0 Å². The predicted molar refractivity (Wildman–Crippen MR) is 75.4 cm³/mol. The number of nitrogens with two attached hydrogens (primary N) is 1. The lowest BCUT2D eigenvalue weighted by Gasteiger charge is -2.14. The molecule has 1 rings (SSSR count). The van der Waals surface area contributed by atoms with Crippen LogP contribution in [0.15, 0.2) is 24.3 Å². The normalized spacial score (nSPS) is 13.8. The molecule has 3 N–H and O–H groups in total. The molecule has 0 aromatic heterocycles. The predicted octanol–water partition coefficient (Wildman–Crippen LogP) is 2.60. The van der Waals surface area contributed by atoms with Crippen LogP contribution < -0.4 is 10.5 Å². The molecule has 0 amide bonds. The molecule has 1 aromatic rings. The van der Waals surface area contributed by atoms with Gasteiger partial charge < -0.3 is 15.6 Å². The van der Waals surface area contributed by atoms with E-state index in [4.69, 9.17) is 15.6 Å². The fourth-order valence-electron chi connectivity index (χ4n) is 1.79. The number of aliphatic carboxylic acids is 1. The molecule has 0 heterocycles. The van der Waals surface area contributed by atoms with Crippen molar-refractivity contribution >= 4 is 5.97 Å². The smallest absolute Gasteiger partial charge is 0.344 e. The fraction of sp³-hybridized carbons (Fsp3) is 0.533. The van der Waals surface area contributed by atoms with Gasteiger partial charge in [0.25, 0.3) is 0 Å². The van der Waals surface area contributed by atoms with Crippen molar-refractivity contribution in [1.82, 2.24) is 0 Å². The SMILES string of the molecule is CCCC(Oc1ccc(CCC(C)N)cc1)C(=O)O. The standard InChI is InChI=1S/C15H23NO3/c1-3-4-14(15(17)18)19-13-9-7-12(8-10-13)6-5-11(2)16/h7-11,14H,3-6,16H2,1-2H3,(H,17,18). The zero-order chi connectivity index (χ0) is 14.3. The molecular weight excluding hydrogens is 242 g/mol. The van der Waals surface area contributed by atoms with Gasteiger partial charge in [-0.1, -0.05) is 25.5 Å². The van der Waals surface area contributed by atoms with E-state index in [1.807, 2.05) is 38.1 Å². The van der Waals surface area contributed by atoms with E-state index in [0.717, 1.165) is 19.3 Å². The molecule has 0 bridgehead atoms. The molecule has 2 unspecified atom stereocenters. The Balaban J connectivity index is 2.57. The van der Waals surface area contributed by atoms with Gasteiger partial charge in [-0.05, 0) is 43.9 Å². The number of carbonyl (C=O) groups is 1. The van der Waals surface area contributed by atoms with Crippen LogP contribution in [0.2, 0.25) is 0 Å². The zero-order valence-electron chi connectivity index (χ0n) is 11.6. The summed E-state index contributed by atoms with van der Waals surface area (Å²) >= 11 is 0. The largest absolute Gasteiger partial charge is 0.479 e. The molecule has 106 valence electrons. The number of rotatable bonds is 8. The maximum atomic E-state index is 11.0. The maximum Gasteiger partial charge on any atom is 0.344 e. The summed E-state index contributed by atoms with van der Waals surface area (Å²) in [6.45, 7) is 3.93. The molecule has 0 aliphatic heterocycles. The first-order valence-electron chi connectivity index (χ1n) is 6.77. The van der Waals surface area contributed by atoms with Crippen molar-refractivity contribution in [3.63, 3.8) is 0 Å². The highest BCUT2D eigenvalue weighted by molar-refractivity contribution is 5.72. The Morgan fingerprint density at radius 1 is 1.32 bits per heavy atom. The zero-order valence-corrected chi connectivity index (χ0v) is 11.6. The van der Waals surface area contributed by atoms with E-state index >= 15 is 0 Å². The Morgan fingerprint density at radius 2 is 1.95 bits per heavy atom. The minimum Gasteiger partial charge on any atom is -0.479 e. The van der Waals surface area contributed by atoms with Crippen molar-refractivity contribution < 1.29 is 14.6 Å². The average molecular weight is 265 g/mol. The molecule has 0 saturated heterocycles. The van der Waals surface area contributed by atoms with Gasteiger partial charge in [0.05, 0.1) is 0 Å². The van der Waals surface area contributed by atoms with Crippen molar-refractivity contribution in [2.45, 2.75) is 51.7 Å². The summed E-state index contributed by atoms with van der Waals surface area (Å²) in [6, 6.07) is 7.76. The Bertz CT molecular complexity index is 387. The van der Waals surface area contributed by atoms with Crippen molar-refractivity contribution in [2.75, 3.05) is 0 Å². The Hall–Kier alpha value is -1.55. The average Bonchev–Trinajstić information content (AvgIpc) is 2.37. The van der Waals surface area contributed by atoms with E-state index < -0.39 is 12.1 Å². The number of hydrogen-bond acceptors (Lipinski definition) is 3. The molecule has 2 atom stereocenters. The minimum atomic E-state index is -0.914. The van der Waals surface area contributed by atoms with E-state index in [-0.39, 0.29) is 6.04 Å². The van der Waals surface area contributed by atoms with Crippen LogP contribution in [-0.4, -0.2) is 23.2 Å². The molecule has 0 aliphatic rings. The summed E-state index contributed by atoms with van der Waals surface area (Å²) in [6.07, 6.45) is 2.40. The van der Waals surface area contributed by atoms with Crippen molar-refractivity contribution in [3.05, 3.63) is 29.8 Å². The number of hydrogen-bond donors (Lipinski definition) is 2. The van der Waals surface area contributed by atoms with Gasteiger partial charge in [0, 0.05) is 6.04 Å². The highest BCUT2D eigenvalue weighted by Crippen LogP contribution is 2.17. The molecule has 19 heavy (non-hydrogen) atoms. The fourth-order valence-corrected chi connectivity index (χ4v) is 1.79. The van der Waals surface area contributed by atoms with Gasteiger partial charge >= 0.3 is 5.97 Å². The monoisotopic (exact) mass is 265 g/mol. The first-order chi connectivity index (χ1) is 9.02. The van der Waals surface area contributed by atoms with Gasteiger partial charge in [-0.15, -0.1) is 0 Å². The first-order valence-corrected chi connectivity index (χ1v) is 6.77. The second-order valence-corrected chi connectivity index (χ2v) is 4.89. The van der Waals surface area contributed by atoms with Crippen molar-refractivity contribution in [3.8, 4) is 5.75 Å². The highest BCUT2D eigenvalue weighted by Gasteiger charge is 2.17. The van der Waals surface area contributed by atoms with Crippen LogP contribution >= 0.6 is 0 Å². The summed E-state index contributed by atoms with van der Waals surface area (Å²) in [5.74, 6) is -0.312. The summed E-state index contributed by atoms with van der Waals surface area (Å²) < 4.78 is 5.47.